The second-order valence-electron chi connectivity index (χ2n) is 9.68. The van der Waals surface area contributed by atoms with Crippen LogP contribution in [0.1, 0.15) is 57.2 Å². The van der Waals surface area contributed by atoms with Crippen LogP contribution in [0.4, 0.5) is 0 Å². The summed E-state index contributed by atoms with van der Waals surface area (Å²) in [5.41, 5.74) is 3.61. The zero-order valence-electron chi connectivity index (χ0n) is 19.1. The number of ether oxygens (including phenoxy) is 2. The third kappa shape index (κ3) is 4.50. The second-order valence-corrected chi connectivity index (χ2v) is 9.68. The number of rotatable bonds is 4. The maximum atomic E-state index is 10.3. The first-order chi connectivity index (χ1) is 14.6. The summed E-state index contributed by atoms with van der Waals surface area (Å²) in [6, 6.07) is 13.6. The maximum absolute atomic E-state index is 10.3. The minimum Gasteiger partial charge on any atom is -0.506 e. The van der Waals surface area contributed by atoms with E-state index in [1.807, 2.05) is 37.3 Å². The zero-order valence-corrected chi connectivity index (χ0v) is 19.1. The van der Waals surface area contributed by atoms with Gasteiger partial charge in [0.2, 0.25) is 11.8 Å². The highest BCUT2D eigenvalue weighted by atomic mass is 16.5. The van der Waals surface area contributed by atoms with Crippen LogP contribution in [0.15, 0.2) is 47.5 Å². The van der Waals surface area contributed by atoms with E-state index in [9.17, 15) is 5.11 Å². The molecule has 0 radical (unpaired) electrons. The number of fused-ring (bicyclic) bond motifs is 1. The third-order valence-electron chi connectivity index (χ3n) is 5.61. The van der Waals surface area contributed by atoms with E-state index in [4.69, 9.17) is 14.5 Å². The van der Waals surface area contributed by atoms with Crippen molar-refractivity contribution >= 4 is 16.8 Å². The molecule has 2 aromatic carbocycles. The van der Waals surface area contributed by atoms with Gasteiger partial charge in [-0.15, -0.1) is 0 Å². The number of phenolic OH excluding ortho intramolecular Hbond substituents is 1. The summed E-state index contributed by atoms with van der Waals surface area (Å²) in [6.07, 6.45) is 0. The highest BCUT2D eigenvalue weighted by Crippen LogP contribution is 2.32. The van der Waals surface area contributed by atoms with Gasteiger partial charge < -0.3 is 14.6 Å². The monoisotopic (exact) mass is 418 g/mol. The van der Waals surface area contributed by atoms with Crippen LogP contribution in [-0.2, 0) is 4.74 Å². The van der Waals surface area contributed by atoms with E-state index in [0.29, 0.717) is 35.6 Å². The highest BCUT2D eigenvalue weighted by molar-refractivity contribution is 5.96. The molecule has 4 rings (SSSR count). The highest BCUT2D eigenvalue weighted by Gasteiger charge is 2.31. The van der Waals surface area contributed by atoms with E-state index in [-0.39, 0.29) is 17.2 Å². The van der Waals surface area contributed by atoms with Gasteiger partial charge in [0.15, 0.2) is 0 Å². The molecule has 0 unspecified atom stereocenters. The van der Waals surface area contributed by atoms with E-state index in [0.717, 1.165) is 22.1 Å². The second kappa shape index (κ2) is 7.88. The summed E-state index contributed by atoms with van der Waals surface area (Å²) >= 11 is 0. The molecule has 0 aliphatic carbocycles. The zero-order chi connectivity index (χ0) is 22.3. The molecule has 0 saturated carbocycles. The van der Waals surface area contributed by atoms with Crippen LogP contribution in [0, 0.1) is 12.3 Å². The number of phenols is 1. The van der Waals surface area contributed by atoms with Crippen molar-refractivity contribution in [3.8, 4) is 17.4 Å². The smallest absolute Gasteiger partial charge is 0.219 e. The molecule has 1 aliphatic rings. The topological polar surface area (TPSA) is 63.9 Å². The summed E-state index contributed by atoms with van der Waals surface area (Å²) in [7, 11) is 0. The third-order valence-corrected chi connectivity index (χ3v) is 5.61. The number of aryl methyl sites for hydroxylation is 1. The number of hydrogen-bond donors (Lipinski definition) is 1. The van der Waals surface area contributed by atoms with Crippen molar-refractivity contribution in [3.05, 3.63) is 59.2 Å². The first-order valence-electron chi connectivity index (χ1n) is 10.7. The molecular formula is C26H30N2O3. The Kier molecular flexibility index (Phi) is 5.38. The molecule has 162 valence electrons. The summed E-state index contributed by atoms with van der Waals surface area (Å²) in [4.78, 5) is 9.35. The molecule has 0 fully saturated rings. The number of aromatic hydroxyl groups is 1. The fourth-order valence-corrected chi connectivity index (χ4v) is 3.64. The molecule has 31 heavy (non-hydrogen) atoms. The SMILES string of the molecule is Cc1cc(O)c2nc(Oc3cc(C4=N[C@@H](C(C)(C)C)CO4)cc(C(C)C)c3)ccc2c1. The van der Waals surface area contributed by atoms with Gasteiger partial charge in [-0.1, -0.05) is 34.6 Å². The van der Waals surface area contributed by atoms with E-state index in [2.05, 4.69) is 45.7 Å². The molecule has 1 aromatic heterocycles. The van der Waals surface area contributed by atoms with Crippen molar-refractivity contribution < 1.29 is 14.6 Å². The summed E-state index contributed by atoms with van der Waals surface area (Å²) < 4.78 is 12.1. The van der Waals surface area contributed by atoms with Crippen LogP contribution in [0.3, 0.4) is 0 Å². The quantitative estimate of drug-likeness (QED) is 0.536. The molecular weight excluding hydrogens is 388 g/mol. The Labute approximate surface area is 183 Å². The lowest BCUT2D eigenvalue weighted by Gasteiger charge is -2.21. The molecule has 2 heterocycles. The average Bonchev–Trinajstić information content (AvgIpc) is 3.19. The van der Waals surface area contributed by atoms with Crippen LogP contribution >= 0.6 is 0 Å². The van der Waals surface area contributed by atoms with Crippen LogP contribution < -0.4 is 4.74 Å². The molecule has 5 heteroatoms. The number of hydrogen-bond acceptors (Lipinski definition) is 5. The Hall–Kier alpha value is -3.08. The van der Waals surface area contributed by atoms with Gasteiger partial charge >= 0.3 is 0 Å². The Bertz CT molecular complexity index is 1160. The van der Waals surface area contributed by atoms with E-state index in [1.54, 1.807) is 6.07 Å². The van der Waals surface area contributed by atoms with Gasteiger partial charge in [0.25, 0.3) is 0 Å². The fraction of sp³-hybridized carbons (Fsp3) is 0.385. The van der Waals surface area contributed by atoms with Crippen molar-refractivity contribution in [2.75, 3.05) is 6.61 Å². The van der Waals surface area contributed by atoms with Crippen LogP contribution in [-0.4, -0.2) is 28.6 Å². The summed E-state index contributed by atoms with van der Waals surface area (Å²) in [5.74, 6) is 2.23. The van der Waals surface area contributed by atoms with E-state index < -0.39 is 0 Å². The molecule has 0 saturated heterocycles. The minimum absolute atomic E-state index is 0.0477. The number of aliphatic imine (C=N–C) groups is 1. The first-order valence-corrected chi connectivity index (χ1v) is 10.7. The van der Waals surface area contributed by atoms with Gasteiger partial charge in [0.05, 0.1) is 6.04 Å². The van der Waals surface area contributed by atoms with E-state index in [1.165, 1.54) is 0 Å². The average molecular weight is 419 g/mol. The minimum atomic E-state index is 0.0477. The first kappa shape index (κ1) is 21.2. The van der Waals surface area contributed by atoms with Gasteiger partial charge in [0.1, 0.15) is 23.6 Å². The Morgan fingerprint density at radius 1 is 1.10 bits per heavy atom. The van der Waals surface area contributed by atoms with Crippen LogP contribution in [0.5, 0.6) is 17.4 Å². The molecule has 0 spiro atoms. The standard InChI is InChI=1S/C26H30N2O3/c1-15(2)18-11-19(25-27-22(14-30-25)26(4,5)6)13-20(12-18)31-23-8-7-17-9-16(3)10-21(29)24(17)28-23/h7-13,15,22,29H,14H2,1-6H3/t22-/m1/s1. The van der Waals surface area contributed by atoms with Crippen molar-refractivity contribution in [1.82, 2.24) is 4.98 Å². The number of benzene rings is 2. The van der Waals surface area contributed by atoms with Crippen LogP contribution in [0.2, 0.25) is 0 Å². The Morgan fingerprint density at radius 3 is 2.55 bits per heavy atom. The van der Waals surface area contributed by atoms with Gasteiger partial charge in [-0.05, 0) is 65.8 Å². The van der Waals surface area contributed by atoms with Crippen LogP contribution in [0.25, 0.3) is 10.9 Å². The van der Waals surface area contributed by atoms with Crippen molar-refractivity contribution in [2.45, 2.75) is 53.5 Å². The largest absolute Gasteiger partial charge is 0.506 e. The van der Waals surface area contributed by atoms with Gasteiger partial charge in [0, 0.05) is 17.0 Å². The fourth-order valence-electron chi connectivity index (χ4n) is 3.64. The lowest BCUT2D eigenvalue weighted by molar-refractivity contribution is 0.236. The molecule has 0 amide bonds. The summed E-state index contributed by atoms with van der Waals surface area (Å²) in [5, 5.41) is 11.2. The molecule has 1 N–H and O–H groups in total. The molecule has 0 bridgehead atoms. The molecule has 5 nitrogen and oxygen atoms in total. The molecule has 3 aromatic rings. The number of pyridine rings is 1. The van der Waals surface area contributed by atoms with Gasteiger partial charge in [-0.3, -0.25) is 0 Å². The maximum Gasteiger partial charge on any atom is 0.219 e. The molecule has 1 atom stereocenters. The number of aromatic nitrogens is 1. The normalized spacial score (nSPS) is 16.5. The van der Waals surface area contributed by atoms with Crippen molar-refractivity contribution in [2.24, 2.45) is 10.4 Å². The van der Waals surface area contributed by atoms with Crippen molar-refractivity contribution in [1.29, 1.82) is 0 Å². The molecule has 1 aliphatic heterocycles. The summed E-state index contributed by atoms with van der Waals surface area (Å²) in [6.45, 7) is 13.4. The lowest BCUT2D eigenvalue weighted by atomic mass is 9.88. The van der Waals surface area contributed by atoms with Gasteiger partial charge in [-0.2, -0.15) is 0 Å². The lowest BCUT2D eigenvalue weighted by Crippen LogP contribution is -2.25. The number of nitrogens with zero attached hydrogens (tertiary/aromatic N) is 2. The predicted molar refractivity (Wildman–Crippen MR) is 124 cm³/mol. The van der Waals surface area contributed by atoms with Gasteiger partial charge in [-0.25, -0.2) is 9.98 Å². The Balaban J connectivity index is 1.70. The predicted octanol–water partition coefficient (Wildman–Crippen LogP) is 6.36. The van der Waals surface area contributed by atoms with E-state index >= 15 is 0 Å². The Morgan fingerprint density at radius 2 is 1.87 bits per heavy atom. The van der Waals surface area contributed by atoms with Crippen molar-refractivity contribution in [3.63, 3.8) is 0 Å².